The maximum atomic E-state index is 10.9. The summed E-state index contributed by atoms with van der Waals surface area (Å²) in [5.41, 5.74) is 5.64. The van der Waals surface area contributed by atoms with Crippen LogP contribution in [-0.2, 0) is 14.9 Å². The SMILES string of the molecule is C=C(C)[C@H](NCCCS(=O)(=O)O)C(N)=O. The molecule has 0 rings (SSSR count). The zero-order valence-electron chi connectivity index (χ0n) is 8.56. The summed E-state index contributed by atoms with van der Waals surface area (Å²) in [7, 11) is -3.94. The molecule has 0 saturated heterocycles. The lowest BCUT2D eigenvalue weighted by atomic mass is 10.1. The first-order valence-electron chi connectivity index (χ1n) is 4.37. The van der Waals surface area contributed by atoms with Crippen molar-refractivity contribution in [3.8, 4) is 0 Å². The van der Waals surface area contributed by atoms with Gasteiger partial charge in [0.2, 0.25) is 5.91 Å². The number of carbonyl (C=O) groups is 1. The first kappa shape index (κ1) is 14.1. The molecule has 0 unspecified atom stereocenters. The van der Waals surface area contributed by atoms with Gasteiger partial charge in [0.25, 0.3) is 10.1 Å². The third-order valence-corrected chi connectivity index (χ3v) is 2.51. The largest absolute Gasteiger partial charge is 0.368 e. The predicted octanol–water partition coefficient (Wildman–Crippen LogP) is -0.716. The van der Waals surface area contributed by atoms with Crippen molar-refractivity contribution in [2.24, 2.45) is 5.73 Å². The van der Waals surface area contributed by atoms with E-state index in [1.165, 1.54) is 0 Å². The lowest BCUT2D eigenvalue weighted by Crippen LogP contribution is -2.42. The maximum Gasteiger partial charge on any atom is 0.264 e. The average molecular weight is 236 g/mol. The molecule has 0 aliphatic rings. The molecule has 15 heavy (non-hydrogen) atoms. The summed E-state index contributed by atoms with van der Waals surface area (Å²) in [6.07, 6.45) is 0.204. The van der Waals surface area contributed by atoms with Gasteiger partial charge in [0, 0.05) is 0 Å². The molecule has 0 aromatic heterocycles. The fourth-order valence-electron chi connectivity index (χ4n) is 1.02. The van der Waals surface area contributed by atoms with Gasteiger partial charge in [-0.2, -0.15) is 8.42 Å². The summed E-state index contributed by atoms with van der Waals surface area (Å²) in [6.45, 7) is 5.48. The van der Waals surface area contributed by atoms with E-state index in [1.807, 2.05) is 0 Å². The Labute approximate surface area is 89.3 Å². The Bertz CT molecular complexity index is 323. The van der Waals surface area contributed by atoms with Gasteiger partial charge >= 0.3 is 0 Å². The molecule has 0 spiro atoms. The molecule has 4 N–H and O–H groups in total. The summed E-state index contributed by atoms with van der Waals surface area (Å²) in [5.74, 6) is -0.906. The van der Waals surface area contributed by atoms with E-state index in [1.54, 1.807) is 6.92 Å². The van der Waals surface area contributed by atoms with Crippen LogP contribution >= 0.6 is 0 Å². The van der Waals surface area contributed by atoms with Crippen LogP contribution in [-0.4, -0.2) is 37.2 Å². The number of nitrogens with one attached hydrogen (secondary N) is 1. The monoisotopic (exact) mass is 236 g/mol. The normalized spacial score (nSPS) is 13.5. The summed E-state index contributed by atoms with van der Waals surface area (Å²) < 4.78 is 29.2. The fraction of sp³-hybridized carbons (Fsp3) is 0.625. The van der Waals surface area contributed by atoms with Crippen LogP contribution in [0.1, 0.15) is 13.3 Å². The topological polar surface area (TPSA) is 109 Å². The number of rotatable bonds is 7. The number of hydrogen-bond donors (Lipinski definition) is 3. The molecule has 0 aliphatic carbocycles. The highest BCUT2D eigenvalue weighted by Gasteiger charge is 2.14. The minimum Gasteiger partial charge on any atom is -0.368 e. The highest BCUT2D eigenvalue weighted by Crippen LogP contribution is 1.97. The molecule has 0 bridgehead atoms. The Morgan fingerprint density at radius 2 is 2.13 bits per heavy atom. The van der Waals surface area contributed by atoms with Crippen LogP contribution in [0.5, 0.6) is 0 Å². The standard InChI is InChI=1S/C8H16N2O4S/c1-6(2)7(8(9)11)10-4-3-5-15(12,13)14/h7,10H,1,3-5H2,2H3,(H2,9,11)(H,12,13,14)/t7-/m0/s1. The van der Waals surface area contributed by atoms with Crippen LogP contribution < -0.4 is 11.1 Å². The highest BCUT2D eigenvalue weighted by molar-refractivity contribution is 7.85. The second kappa shape index (κ2) is 5.84. The fourth-order valence-corrected chi connectivity index (χ4v) is 1.53. The molecule has 0 aliphatic heterocycles. The van der Waals surface area contributed by atoms with Gasteiger partial charge in [-0.1, -0.05) is 12.2 Å². The van der Waals surface area contributed by atoms with Gasteiger partial charge in [-0.05, 0) is 19.9 Å². The Hall–Kier alpha value is -0.920. The van der Waals surface area contributed by atoms with Crippen LogP contribution in [0, 0.1) is 0 Å². The van der Waals surface area contributed by atoms with Gasteiger partial charge in [-0.25, -0.2) is 0 Å². The average Bonchev–Trinajstić information content (AvgIpc) is 2.00. The van der Waals surface area contributed by atoms with Crippen LogP contribution in [0.4, 0.5) is 0 Å². The Morgan fingerprint density at radius 1 is 1.60 bits per heavy atom. The molecular formula is C8H16N2O4S. The Kier molecular flexibility index (Phi) is 5.48. The van der Waals surface area contributed by atoms with Crippen molar-refractivity contribution in [1.82, 2.24) is 5.32 Å². The summed E-state index contributed by atoms with van der Waals surface area (Å²) >= 11 is 0. The number of carbonyl (C=O) groups excluding carboxylic acids is 1. The van der Waals surface area contributed by atoms with Crippen molar-refractivity contribution in [1.29, 1.82) is 0 Å². The van der Waals surface area contributed by atoms with Gasteiger partial charge in [0.15, 0.2) is 0 Å². The van der Waals surface area contributed by atoms with Crippen molar-refractivity contribution < 1.29 is 17.8 Å². The zero-order valence-corrected chi connectivity index (χ0v) is 9.38. The van der Waals surface area contributed by atoms with E-state index in [0.29, 0.717) is 5.57 Å². The molecule has 0 saturated carbocycles. The zero-order chi connectivity index (χ0) is 12.1. The van der Waals surface area contributed by atoms with Crippen molar-refractivity contribution >= 4 is 16.0 Å². The van der Waals surface area contributed by atoms with E-state index in [-0.39, 0.29) is 18.7 Å². The molecule has 1 atom stereocenters. The second-order valence-corrected chi connectivity index (χ2v) is 4.85. The second-order valence-electron chi connectivity index (χ2n) is 3.28. The van der Waals surface area contributed by atoms with E-state index >= 15 is 0 Å². The van der Waals surface area contributed by atoms with Gasteiger partial charge in [0.1, 0.15) is 6.04 Å². The predicted molar refractivity (Wildman–Crippen MR) is 56.8 cm³/mol. The lowest BCUT2D eigenvalue weighted by Gasteiger charge is -2.14. The quantitative estimate of drug-likeness (QED) is 0.307. The molecule has 6 nitrogen and oxygen atoms in total. The summed E-state index contributed by atoms with van der Waals surface area (Å²) in [5, 5.41) is 2.74. The third-order valence-electron chi connectivity index (χ3n) is 1.70. The van der Waals surface area contributed by atoms with E-state index in [9.17, 15) is 13.2 Å². The molecule has 1 amide bonds. The Morgan fingerprint density at radius 3 is 2.47 bits per heavy atom. The molecule has 0 radical (unpaired) electrons. The third kappa shape index (κ3) is 7.06. The van der Waals surface area contributed by atoms with Crippen molar-refractivity contribution in [3.05, 3.63) is 12.2 Å². The van der Waals surface area contributed by atoms with Gasteiger partial charge in [-0.3, -0.25) is 9.35 Å². The van der Waals surface area contributed by atoms with Crippen LogP contribution in [0.2, 0.25) is 0 Å². The van der Waals surface area contributed by atoms with Crippen LogP contribution in [0.3, 0.4) is 0 Å². The number of hydrogen-bond acceptors (Lipinski definition) is 4. The van der Waals surface area contributed by atoms with Crippen LogP contribution in [0.15, 0.2) is 12.2 Å². The van der Waals surface area contributed by atoms with Crippen molar-refractivity contribution in [3.63, 3.8) is 0 Å². The minimum absolute atomic E-state index is 0.204. The molecule has 7 heteroatoms. The van der Waals surface area contributed by atoms with E-state index in [4.69, 9.17) is 10.3 Å². The molecule has 0 aromatic carbocycles. The van der Waals surface area contributed by atoms with Crippen molar-refractivity contribution in [2.45, 2.75) is 19.4 Å². The number of nitrogens with two attached hydrogens (primary N) is 1. The van der Waals surface area contributed by atoms with Gasteiger partial charge in [-0.15, -0.1) is 0 Å². The minimum atomic E-state index is -3.94. The number of primary amides is 1. The highest BCUT2D eigenvalue weighted by atomic mass is 32.2. The first-order valence-corrected chi connectivity index (χ1v) is 5.98. The maximum absolute atomic E-state index is 10.9. The van der Waals surface area contributed by atoms with E-state index in [0.717, 1.165) is 0 Å². The Balaban J connectivity index is 3.93. The van der Waals surface area contributed by atoms with Crippen molar-refractivity contribution in [2.75, 3.05) is 12.3 Å². The summed E-state index contributed by atoms with van der Waals surface area (Å²) in [4.78, 5) is 10.9. The van der Waals surface area contributed by atoms with Crippen LogP contribution in [0.25, 0.3) is 0 Å². The lowest BCUT2D eigenvalue weighted by molar-refractivity contribution is -0.119. The number of amides is 1. The van der Waals surface area contributed by atoms with Gasteiger partial charge in [0.05, 0.1) is 5.75 Å². The molecule has 0 heterocycles. The van der Waals surface area contributed by atoms with Gasteiger partial charge < -0.3 is 11.1 Å². The van der Waals surface area contributed by atoms with E-state index in [2.05, 4.69) is 11.9 Å². The van der Waals surface area contributed by atoms with E-state index < -0.39 is 22.1 Å². The molecule has 0 fully saturated rings. The summed E-state index contributed by atoms with van der Waals surface area (Å²) in [6, 6.07) is -0.661. The molecule has 0 aromatic rings. The first-order chi connectivity index (χ1) is 6.74. The molecular weight excluding hydrogens is 220 g/mol. The smallest absolute Gasteiger partial charge is 0.264 e. The molecule has 88 valence electrons.